The smallest absolute Gasteiger partial charge is 0.311 e. The van der Waals surface area contributed by atoms with Crippen LogP contribution in [0.15, 0.2) is 18.2 Å². The predicted molar refractivity (Wildman–Crippen MR) is 68.4 cm³/mol. The third-order valence-electron chi connectivity index (χ3n) is 3.09. The molecule has 2 atom stereocenters. The molecule has 17 heavy (non-hydrogen) atoms. The molecule has 1 aromatic rings. The van der Waals surface area contributed by atoms with Gasteiger partial charge in [-0.3, -0.25) is 4.79 Å². The summed E-state index contributed by atoms with van der Waals surface area (Å²) in [6.07, 6.45) is 0.708. The number of nitrogens with one attached hydrogen (secondary N) is 1. The van der Waals surface area contributed by atoms with E-state index in [9.17, 15) is 4.79 Å². The van der Waals surface area contributed by atoms with Crippen molar-refractivity contribution in [2.75, 3.05) is 11.9 Å². The Morgan fingerprint density at radius 1 is 1.59 bits per heavy atom. The highest BCUT2D eigenvalue weighted by Crippen LogP contribution is 2.31. The molecule has 0 amide bonds. The number of carbonyl (C=O) groups excluding carboxylic acids is 1. The molecule has 0 unspecified atom stereocenters. The second-order valence-electron chi connectivity index (χ2n) is 4.30. The van der Waals surface area contributed by atoms with Crippen LogP contribution in [0.3, 0.4) is 0 Å². The molecule has 0 spiro atoms. The fraction of sp³-hybridized carbons (Fsp3) is 0.462. The van der Waals surface area contributed by atoms with Crippen LogP contribution in [0.25, 0.3) is 0 Å². The maximum absolute atomic E-state index is 11.8. The predicted octanol–water partition coefficient (Wildman–Crippen LogP) is 2.88. The molecule has 0 aromatic heterocycles. The zero-order chi connectivity index (χ0) is 12.4. The van der Waals surface area contributed by atoms with E-state index in [1.54, 1.807) is 0 Å². The van der Waals surface area contributed by atoms with Crippen LogP contribution >= 0.6 is 11.6 Å². The third-order valence-corrected chi connectivity index (χ3v) is 3.32. The summed E-state index contributed by atoms with van der Waals surface area (Å²) in [6, 6.07) is 5.78. The van der Waals surface area contributed by atoms with E-state index >= 15 is 0 Å². The summed E-state index contributed by atoms with van der Waals surface area (Å²) >= 11 is 5.94. The van der Waals surface area contributed by atoms with Crippen LogP contribution in [0, 0.1) is 5.92 Å². The highest BCUT2D eigenvalue weighted by molar-refractivity contribution is 6.30. The Morgan fingerprint density at radius 3 is 3.06 bits per heavy atom. The summed E-state index contributed by atoms with van der Waals surface area (Å²) in [5.74, 6) is -0.253. The number of hydrogen-bond donors (Lipinski definition) is 1. The lowest BCUT2D eigenvalue weighted by Crippen LogP contribution is -2.38. The largest absolute Gasteiger partial charge is 0.466 e. The van der Waals surface area contributed by atoms with Crippen molar-refractivity contribution < 1.29 is 9.53 Å². The van der Waals surface area contributed by atoms with Crippen molar-refractivity contribution in [2.24, 2.45) is 5.92 Å². The fourth-order valence-corrected chi connectivity index (χ4v) is 2.33. The van der Waals surface area contributed by atoms with Crippen LogP contribution in [-0.2, 0) is 16.0 Å². The van der Waals surface area contributed by atoms with Gasteiger partial charge in [-0.25, -0.2) is 0 Å². The van der Waals surface area contributed by atoms with Gasteiger partial charge in [-0.1, -0.05) is 17.7 Å². The Morgan fingerprint density at radius 2 is 2.35 bits per heavy atom. The number of benzene rings is 1. The van der Waals surface area contributed by atoms with E-state index in [4.69, 9.17) is 16.3 Å². The van der Waals surface area contributed by atoms with Crippen LogP contribution in [0.4, 0.5) is 5.69 Å². The number of esters is 1. The normalized spacial score (nSPS) is 22.5. The Hall–Kier alpha value is -1.22. The molecule has 2 rings (SSSR count). The van der Waals surface area contributed by atoms with Gasteiger partial charge < -0.3 is 10.1 Å². The lowest BCUT2D eigenvalue weighted by molar-refractivity contribution is -0.148. The first-order chi connectivity index (χ1) is 8.11. The summed E-state index contributed by atoms with van der Waals surface area (Å²) in [6.45, 7) is 4.24. The molecule has 0 fully saturated rings. The summed E-state index contributed by atoms with van der Waals surface area (Å²) in [4.78, 5) is 11.8. The minimum atomic E-state index is -0.131. The highest BCUT2D eigenvalue weighted by atomic mass is 35.5. The Labute approximate surface area is 106 Å². The van der Waals surface area contributed by atoms with Crippen LogP contribution in [-0.4, -0.2) is 18.6 Å². The molecular formula is C13H16ClNO2. The monoisotopic (exact) mass is 253 g/mol. The second-order valence-corrected chi connectivity index (χ2v) is 4.73. The average molecular weight is 254 g/mol. The first-order valence-corrected chi connectivity index (χ1v) is 6.21. The van der Waals surface area contributed by atoms with Crippen molar-refractivity contribution in [3.8, 4) is 0 Å². The van der Waals surface area contributed by atoms with Crippen molar-refractivity contribution in [3.05, 3.63) is 28.8 Å². The molecule has 0 saturated heterocycles. The quantitative estimate of drug-likeness (QED) is 0.824. The number of carbonyl (C=O) groups is 1. The molecule has 92 valence electrons. The SMILES string of the molecule is CCOC(=O)[C@H]1Cc2ccc(Cl)cc2N[C@@H]1C. The van der Waals surface area contributed by atoms with E-state index in [1.165, 1.54) is 0 Å². The molecule has 1 aliphatic heterocycles. The lowest BCUT2D eigenvalue weighted by Gasteiger charge is -2.31. The van der Waals surface area contributed by atoms with Crippen molar-refractivity contribution in [2.45, 2.75) is 26.3 Å². The standard InChI is InChI=1S/C13H16ClNO2/c1-3-17-13(16)11-6-9-4-5-10(14)7-12(9)15-8(11)2/h4-5,7-8,11,15H,3,6H2,1-2H3/t8-,11+/m1/s1. The molecule has 1 aromatic carbocycles. The van der Waals surface area contributed by atoms with Gasteiger partial charge in [0.2, 0.25) is 0 Å². The van der Waals surface area contributed by atoms with Crippen molar-refractivity contribution >= 4 is 23.3 Å². The van der Waals surface area contributed by atoms with E-state index in [2.05, 4.69) is 5.32 Å². The van der Waals surface area contributed by atoms with Gasteiger partial charge in [-0.2, -0.15) is 0 Å². The van der Waals surface area contributed by atoms with Gasteiger partial charge in [0.25, 0.3) is 0 Å². The minimum absolute atomic E-state index is 0.0695. The molecule has 0 saturated carbocycles. The zero-order valence-electron chi connectivity index (χ0n) is 10.00. The summed E-state index contributed by atoms with van der Waals surface area (Å²) in [5.41, 5.74) is 2.14. The Bertz CT molecular complexity index is 433. The minimum Gasteiger partial charge on any atom is -0.466 e. The molecule has 0 bridgehead atoms. The van der Waals surface area contributed by atoms with E-state index < -0.39 is 0 Å². The molecule has 1 N–H and O–H groups in total. The maximum atomic E-state index is 11.8. The van der Waals surface area contributed by atoms with Gasteiger partial charge in [0.15, 0.2) is 0 Å². The first-order valence-electron chi connectivity index (χ1n) is 5.83. The van der Waals surface area contributed by atoms with Crippen molar-refractivity contribution in [1.82, 2.24) is 0 Å². The van der Waals surface area contributed by atoms with E-state index in [0.29, 0.717) is 18.1 Å². The third kappa shape index (κ3) is 2.55. The van der Waals surface area contributed by atoms with E-state index in [-0.39, 0.29) is 17.9 Å². The van der Waals surface area contributed by atoms with Gasteiger partial charge in [0.05, 0.1) is 12.5 Å². The van der Waals surface area contributed by atoms with Crippen molar-refractivity contribution in [1.29, 1.82) is 0 Å². The average Bonchev–Trinajstić information content (AvgIpc) is 2.28. The molecule has 4 heteroatoms. The summed E-state index contributed by atoms with van der Waals surface area (Å²) in [7, 11) is 0. The molecular weight excluding hydrogens is 238 g/mol. The number of fused-ring (bicyclic) bond motifs is 1. The first kappa shape index (κ1) is 12.2. The zero-order valence-corrected chi connectivity index (χ0v) is 10.8. The van der Waals surface area contributed by atoms with Gasteiger partial charge in [0.1, 0.15) is 0 Å². The van der Waals surface area contributed by atoms with Gasteiger partial charge in [-0.15, -0.1) is 0 Å². The number of rotatable bonds is 2. The number of ether oxygens (including phenoxy) is 1. The Kier molecular flexibility index (Phi) is 3.57. The van der Waals surface area contributed by atoms with Crippen LogP contribution < -0.4 is 5.32 Å². The lowest BCUT2D eigenvalue weighted by atomic mass is 9.88. The summed E-state index contributed by atoms with van der Waals surface area (Å²) < 4.78 is 5.09. The van der Waals surface area contributed by atoms with Crippen LogP contribution in [0.2, 0.25) is 5.02 Å². The fourth-order valence-electron chi connectivity index (χ4n) is 2.16. The number of hydrogen-bond acceptors (Lipinski definition) is 3. The molecule has 3 nitrogen and oxygen atoms in total. The molecule has 1 heterocycles. The van der Waals surface area contributed by atoms with Crippen LogP contribution in [0.5, 0.6) is 0 Å². The maximum Gasteiger partial charge on any atom is 0.311 e. The molecule has 0 aliphatic carbocycles. The number of anilines is 1. The van der Waals surface area contributed by atoms with E-state index in [1.807, 2.05) is 32.0 Å². The number of halogens is 1. The molecule has 1 aliphatic rings. The molecule has 0 radical (unpaired) electrons. The van der Waals surface area contributed by atoms with Crippen LogP contribution in [0.1, 0.15) is 19.4 Å². The topological polar surface area (TPSA) is 38.3 Å². The van der Waals surface area contributed by atoms with Gasteiger partial charge in [-0.05, 0) is 38.0 Å². The second kappa shape index (κ2) is 4.96. The summed E-state index contributed by atoms with van der Waals surface area (Å²) in [5, 5.41) is 4.01. The van der Waals surface area contributed by atoms with Gasteiger partial charge in [0, 0.05) is 16.8 Å². The highest BCUT2D eigenvalue weighted by Gasteiger charge is 2.31. The van der Waals surface area contributed by atoms with Crippen molar-refractivity contribution in [3.63, 3.8) is 0 Å². The Balaban J connectivity index is 2.21. The van der Waals surface area contributed by atoms with E-state index in [0.717, 1.165) is 11.3 Å². The van der Waals surface area contributed by atoms with Gasteiger partial charge >= 0.3 is 5.97 Å².